The first-order valence-corrected chi connectivity index (χ1v) is 14.4. The van der Waals surface area contributed by atoms with Crippen LogP contribution < -0.4 is 14.2 Å². The number of hydrogen-bond donors (Lipinski definition) is 0. The lowest BCUT2D eigenvalue weighted by atomic mass is 10.1. The first-order valence-electron chi connectivity index (χ1n) is 13.5. The average Bonchev–Trinajstić information content (AvgIpc) is 3.30. The van der Waals surface area contributed by atoms with E-state index in [-0.39, 0.29) is 18.2 Å². The minimum atomic E-state index is -0.437. The van der Waals surface area contributed by atoms with Crippen molar-refractivity contribution in [2.24, 2.45) is 4.99 Å². The van der Waals surface area contributed by atoms with Gasteiger partial charge >= 0.3 is 0 Å². The summed E-state index contributed by atoms with van der Waals surface area (Å²) in [6.07, 6.45) is 1.81. The number of nitro groups is 1. The molecule has 10 heteroatoms. The number of rotatable bonds is 11. The molecular weight excluding hydrogens is 566 g/mol. The quantitative estimate of drug-likeness (QED) is 0.101. The maximum absolute atomic E-state index is 13.7. The molecule has 0 aromatic heterocycles. The number of ether oxygens (including phenoxy) is 3. The molecule has 1 aliphatic rings. The molecule has 0 unspecified atom stereocenters. The van der Waals surface area contributed by atoms with Gasteiger partial charge in [0, 0.05) is 12.1 Å². The molecular formula is C33H29N3O6S. The van der Waals surface area contributed by atoms with Gasteiger partial charge in [-0.25, -0.2) is 4.99 Å². The van der Waals surface area contributed by atoms with E-state index < -0.39 is 4.92 Å². The lowest BCUT2D eigenvalue weighted by Crippen LogP contribution is -2.28. The van der Waals surface area contributed by atoms with Crippen LogP contribution in [0.4, 0.5) is 11.4 Å². The van der Waals surface area contributed by atoms with Crippen molar-refractivity contribution in [3.05, 3.63) is 129 Å². The number of aliphatic imine (C=N–C) groups is 1. The van der Waals surface area contributed by atoms with Crippen LogP contribution >= 0.6 is 11.8 Å². The van der Waals surface area contributed by atoms with Crippen molar-refractivity contribution in [1.82, 2.24) is 4.90 Å². The Morgan fingerprint density at radius 1 is 0.907 bits per heavy atom. The molecule has 4 aromatic rings. The molecule has 1 amide bonds. The molecule has 5 rings (SSSR count). The highest BCUT2D eigenvalue weighted by atomic mass is 32.2. The molecule has 1 aliphatic heterocycles. The number of para-hydroxylation sites is 1. The van der Waals surface area contributed by atoms with Gasteiger partial charge in [0.05, 0.1) is 35.8 Å². The van der Waals surface area contributed by atoms with Crippen molar-refractivity contribution in [2.75, 3.05) is 13.7 Å². The van der Waals surface area contributed by atoms with Crippen molar-refractivity contribution >= 4 is 40.3 Å². The molecule has 43 heavy (non-hydrogen) atoms. The van der Waals surface area contributed by atoms with Gasteiger partial charge in [-0.1, -0.05) is 48.5 Å². The summed E-state index contributed by atoms with van der Waals surface area (Å²) in [5.41, 5.74) is 3.12. The highest BCUT2D eigenvalue weighted by Crippen LogP contribution is 2.37. The van der Waals surface area contributed by atoms with Gasteiger partial charge in [-0.15, -0.1) is 0 Å². The monoisotopic (exact) mass is 595 g/mol. The van der Waals surface area contributed by atoms with E-state index in [1.165, 1.54) is 23.9 Å². The maximum Gasteiger partial charge on any atom is 0.269 e. The Hall–Kier alpha value is -5.09. The first kappa shape index (κ1) is 29.4. The highest BCUT2D eigenvalue weighted by Gasteiger charge is 2.33. The Labute approximate surface area is 253 Å². The summed E-state index contributed by atoms with van der Waals surface area (Å²) in [6, 6.07) is 28.8. The zero-order valence-corrected chi connectivity index (χ0v) is 24.5. The second-order valence-corrected chi connectivity index (χ2v) is 10.4. The summed E-state index contributed by atoms with van der Waals surface area (Å²) in [6.45, 7) is 2.77. The number of benzene rings is 4. The van der Waals surface area contributed by atoms with E-state index in [0.29, 0.717) is 40.3 Å². The molecule has 0 atom stereocenters. The van der Waals surface area contributed by atoms with Crippen LogP contribution in [0.2, 0.25) is 0 Å². The Balaban J connectivity index is 1.40. The Morgan fingerprint density at radius 3 is 2.42 bits per heavy atom. The lowest BCUT2D eigenvalue weighted by Gasteiger charge is -2.16. The molecule has 0 spiro atoms. The smallest absolute Gasteiger partial charge is 0.269 e. The number of amidine groups is 1. The van der Waals surface area contributed by atoms with Crippen LogP contribution in [0.1, 0.15) is 23.6 Å². The van der Waals surface area contributed by atoms with E-state index >= 15 is 0 Å². The van der Waals surface area contributed by atoms with Crippen molar-refractivity contribution in [2.45, 2.75) is 20.1 Å². The zero-order valence-electron chi connectivity index (χ0n) is 23.6. The topological polar surface area (TPSA) is 104 Å². The number of nitrogens with zero attached hydrogens (tertiary/aromatic N) is 3. The summed E-state index contributed by atoms with van der Waals surface area (Å²) >= 11 is 1.31. The standard InChI is InChI=1S/C33H29N3O6S/c1-3-41-30-19-24(14-17-29(30)42-22-25-8-7-11-27(18-25)36(38)39)20-31-32(37)35(21-23-12-15-28(40-2)16-13-23)33(43-31)34-26-9-5-4-6-10-26/h4-20H,3,21-22H2,1-2H3/b31-20-,34-33?. The van der Waals surface area contributed by atoms with Gasteiger partial charge in [-0.05, 0) is 77.9 Å². The fourth-order valence-corrected chi connectivity index (χ4v) is 5.33. The number of amides is 1. The summed E-state index contributed by atoms with van der Waals surface area (Å²) in [7, 11) is 1.62. The van der Waals surface area contributed by atoms with Gasteiger partial charge in [-0.3, -0.25) is 19.8 Å². The van der Waals surface area contributed by atoms with E-state index in [1.807, 2.05) is 79.7 Å². The van der Waals surface area contributed by atoms with Crippen LogP contribution in [0.5, 0.6) is 17.2 Å². The second kappa shape index (κ2) is 13.7. The Kier molecular flexibility index (Phi) is 9.38. The third kappa shape index (κ3) is 7.41. The number of carbonyl (C=O) groups excluding carboxylic acids is 1. The number of thioether (sulfide) groups is 1. The molecule has 0 radical (unpaired) electrons. The number of carbonyl (C=O) groups is 1. The largest absolute Gasteiger partial charge is 0.497 e. The van der Waals surface area contributed by atoms with Gasteiger partial charge in [0.25, 0.3) is 11.6 Å². The fourth-order valence-electron chi connectivity index (χ4n) is 4.33. The lowest BCUT2D eigenvalue weighted by molar-refractivity contribution is -0.384. The summed E-state index contributed by atoms with van der Waals surface area (Å²) in [5.74, 6) is 1.59. The summed E-state index contributed by atoms with van der Waals surface area (Å²) in [4.78, 5) is 31.3. The van der Waals surface area contributed by atoms with Crippen LogP contribution in [-0.2, 0) is 17.9 Å². The predicted molar refractivity (Wildman–Crippen MR) is 168 cm³/mol. The Morgan fingerprint density at radius 2 is 1.70 bits per heavy atom. The normalized spacial score (nSPS) is 14.7. The van der Waals surface area contributed by atoms with Crippen molar-refractivity contribution < 1.29 is 23.9 Å². The number of hydrogen-bond acceptors (Lipinski definition) is 8. The van der Waals surface area contributed by atoms with Crippen molar-refractivity contribution in [1.29, 1.82) is 0 Å². The Bertz CT molecular complexity index is 1670. The average molecular weight is 596 g/mol. The van der Waals surface area contributed by atoms with E-state index in [4.69, 9.17) is 19.2 Å². The number of methoxy groups -OCH3 is 1. The molecule has 0 saturated carbocycles. The van der Waals surface area contributed by atoms with E-state index in [9.17, 15) is 14.9 Å². The highest BCUT2D eigenvalue weighted by molar-refractivity contribution is 8.18. The molecule has 0 N–H and O–H groups in total. The minimum absolute atomic E-state index is 0.00282. The van der Waals surface area contributed by atoms with Gasteiger partial charge < -0.3 is 14.2 Å². The molecule has 0 bridgehead atoms. The number of non-ortho nitro benzene ring substituents is 1. The third-order valence-corrected chi connectivity index (χ3v) is 7.46. The number of nitro benzene ring substituents is 1. The van der Waals surface area contributed by atoms with Crippen LogP contribution in [0.3, 0.4) is 0 Å². The van der Waals surface area contributed by atoms with Gasteiger partial charge in [0.2, 0.25) is 0 Å². The van der Waals surface area contributed by atoms with E-state index in [2.05, 4.69) is 0 Å². The molecule has 4 aromatic carbocycles. The maximum atomic E-state index is 13.7. The SMILES string of the molecule is CCOc1cc(/C=C2\SC(=Nc3ccccc3)N(Cc3ccc(OC)cc3)C2=O)ccc1OCc1cccc([N+](=O)[O-])c1. The summed E-state index contributed by atoms with van der Waals surface area (Å²) in [5, 5.41) is 11.7. The zero-order chi connectivity index (χ0) is 30.2. The molecule has 1 heterocycles. The van der Waals surface area contributed by atoms with Crippen LogP contribution in [0.25, 0.3) is 6.08 Å². The molecule has 218 valence electrons. The molecule has 0 aliphatic carbocycles. The van der Waals surface area contributed by atoms with Crippen molar-refractivity contribution in [3.63, 3.8) is 0 Å². The first-order chi connectivity index (χ1) is 20.9. The minimum Gasteiger partial charge on any atom is -0.497 e. The molecule has 1 saturated heterocycles. The molecule has 9 nitrogen and oxygen atoms in total. The van der Waals surface area contributed by atoms with E-state index in [0.717, 1.165) is 22.6 Å². The van der Waals surface area contributed by atoms with E-state index in [1.54, 1.807) is 30.2 Å². The van der Waals surface area contributed by atoms with Gasteiger partial charge in [-0.2, -0.15) is 0 Å². The molecule has 1 fully saturated rings. The summed E-state index contributed by atoms with van der Waals surface area (Å²) < 4.78 is 17.1. The predicted octanol–water partition coefficient (Wildman–Crippen LogP) is 7.39. The van der Waals surface area contributed by atoms with Gasteiger partial charge in [0.1, 0.15) is 12.4 Å². The van der Waals surface area contributed by atoms with Crippen LogP contribution in [0.15, 0.2) is 107 Å². The van der Waals surface area contributed by atoms with Crippen molar-refractivity contribution in [3.8, 4) is 17.2 Å². The van der Waals surface area contributed by atoms with Crippen LogP contribution in [0, 0.1) is 10.1 Å². The second-order valence-electron chi connectivity index (χ2n) is 9.43. The van der Waals surface area contributed by atoms with Gasteiger partial charge in [0.15, 0.2) is 16.7 Å². The fraction of sp³-hybridized carbons (Fsp3) is 0.152. The third-order valence-electron chi connectivity index (χ3n) is 6.45. The van der Waals surface area contributed by atoms with Crippen LogP contribution in [-0.4, -0.2) is 34.6 Å².